The molecule has 1 aliphatic carbocycles. The third-order valence-electron chi connectivity index (χ3n) is 5.83. The Morgan fingerprint density at radius 2 is 2.17 bits per heavy atom. The zero-order valence-corrected chi connectivity index (χ0v) is 16.1. The zero-order chi connectivity index (χ0) is 20.5. The number of carbonyl (C=O) groups is 2. The number of hydrogen-bond donors (Lipinski definition) is 2. The van der Waals surface area contributed by atoms with Crippen LogP contribution in [0, 0.1) is 23.1 Å². The lowest BCUT2D eigenvalue weighted by Gasteiger charge is -2.23. The molecule has 29 heavy (non-hydrogen) atoms. The Bertz CT molecular complexity index is 993. The number of nitrogens with one attached hydrogen (secondary N) is 2. The predicted molar refractivity (Wildman–Crippen MR) is 103 cm³/mol. The van der Waals surface area contributed by atoms with E-state index in [-0.39, 0.29) is 29.9 Å². The average molecular weight is 395 g/mol. The summed E-state index contributed by atoms with van der Waals surface area (Å²) in [5.41, 5.74) is 0.835. The van der Waals surface area contributed by atoms with Gasteiger partial charge in [-0.3, -0.25) is 9.59 Å². The fourth-order valence-electron chi connectivity index (χ4n) is 4.31. The first kappa shape index (κ1) is 19.3. The molecule has 6 nitrogen and oxygen atoms in total. The summed E-state index contributed by atoms with van der Waals surface area (Å²) in [4.78, 5) is 23.9. The van der Waals surface area contributed by atoms with Crippen molar-refractivity contribution in [1.29, 1.82) is 5.26 Å². The van der Waals surface area contributed by atoms with Crippen LogP contribution in [0.1, 0.15) is 42.3 Å². The first-order chi connectivity index (χ1) is 13.9. The molecule has 7 heteroatoms. The molecule has 1 aromatic heterocycles. The van der Waals surface area contributed by atoms with Crippen molar-refractivity contribution in [2.24, 2.45) is 5.92 Å². The highest BCUT2D eigenvalue weighted by Crippen LogP contribution is 2.35. The van der Waals surface area contributed by atoms with E-state index in [2.05, 4.69) is 16.7 Å². The second-order valence-corrected chi connectivity index (χ2v) is 7.84. The number of carbonyl (C=O) groups excluding carboxylic acids is 2. The average Bonchev–Trinajstić information content (AvgIpc) is 3.45. The largest absolute Gasteiger partial charge is 0.453 e. The van der Waals surface area contributed by atoms with Gasteiger partial charge in [-0.25, -0.2) is 4.39 Å². The van der Waals surface area contributed by atoms with E-state index in [0.29, 0.717) is 28.8 Å². The number of hydrogen-bond acceptors (Lipinski definition) is 5. The van der Waals surface area contributed by atoms with Gasteiger partial charge in [0, 0.05) is 24.9 Å². The minimum atomic E-state index is -0.809. The second-order valence-electron chi connectivity index (χ2n) is 7.84. The van der Waals surface area contributed by atoms with Gasteiger partial charge < -0.3 is 15.1 Å². The molecule has 1 aromatic carbocycles. The quantitative estimate of drug-likeness (QED) is 0.733. The Morgan fingerprint density at radius 3 is 2.76 bits per heavy atom. The van der Waals surface area contributed by atoms with Crippen LogP contribution in [0.3, 0.4) is 0 Å². The van der Waals surface area contributed by atoms with Crippen molar-refractivity contribution in [3.63, 3.8) is 0 Å². The van der Waals surface area contributed by atoms with Gasteiger partial charge in [0.15, 0.2) is 11.5 Å². The Balaban J connectivity index is 1.43. The highest BCUT2D eigenvalue weighted by atomic mass is 19.1. The Labute approximate surface area is 168 Å². The summed E-state index contributed by atoms with van der Waals surface area (Å²) >= 11 is 0. The van der Waals surface area contributed by atoms with Crippen LogP contribution in [0.5, 0.6) is 0 Å². The molecule has 2 heterocycles. The minimum Gasteiger partial charge on any atom is -0.453 e. The molecule has 150 valence electrons. The van der Waals surface area contributed by atoms with Crippen molar-refractivity contribution in [3.8, 4) is 17.4 Å². The van der Waals surface area contributed by atoms with Crippen LogP contribution in [0.15, 0.2) is 34.7 Å². The van der Waals surface area contributed by atoms with Crippen molar-refractivity contribution in [2.75, 3.05) is 0 Å². The smallest absolute Gasteiger partial charge is 0.238 e. The summed E-state index contributed by atoms with van der Waals surface area (Å²) in [5, 5.41) is 15.5. The monoisotopic (exact) mass is 395 g/mol. The van der Waals surface area contributed by atoms with Crippen LogP contribution >= 0.6 is 0 Å². The Hall–Kier alpha value is -2.98. The molecule has 4 rings (SSSR count). The van der Waals surface area contributed by atoms with Crippen molar-refractivity contribution in [3.05, 3.63) is 47.5 Å². The second kappa shape index (κ2) is 7.80. The van der Waals surface area contributed by atoms with Gasteiger partial charge in [0.25, 0.3) is 0 Å². The maximum atomic E-state index is 14.6. The van der Waals surface area contributed by atoms with Gasteiger partial charge in [0.05, 0.1) is 12.1 Å². The number of amides is 1. The van der Waals surface area contributed by atoms with Gasteiger partial charge in [-0.15, -0.1) is 0 Å². The summed E-state index contributed by atoms with van der Waals surface area (Å²) in [7, 11) is 0. The van der Waals surface area contributed by atoms with Gasteiger partial charge in [-0.1, -0.05) is 12.1 Å². The Morgan fingerprint density at radius 1 is 1.34 bits per heavy atom. The zero-order valence-electron chi connectivity index (χ0n) is 16.1. The number of halogens is 1. The molecule has 2 fully saturated rings. The van der Waals surface area contributed by atoms with Crippen molar-refractivity contribution in [1.82, 2.24) is 10.6 Å². The van der Waals surface area contributed by atoms with E-state index < -0.39 is 11.9 Å². The lowest BCUT2D eigenvalue weighted by atomic mass is 9.98. The SMILES string of the molecule is CC(=O)c1ccc(-c2ccc(C[C@@H](C#N)NC(=O)C3NC4CCC3C4)c(F)c2)o1. The molecule has 0 spiro atoms. The van der Waals surface area contributed by atoms with Crippen molar-refractivity contribution < 1.29 is 18.4 Å². The number of fused-ring (bicyclic) bond motifs is 2. The van der Waals surface area contributed by atoms with E-state index >= 15 is 0 Å². The molecular weight excluding hydrogens is 373 g/mol. The lowest BCUT2D eigenvalue weighted by Crippen LogP contribution is -2.50. The number of piperidine rings is 1. The summed E-state index contributed by atoms with van der Waals surface area (Å²) < 4.78 is 20.0. The van der Waals surface area contributed by atoms with E-state index in [1.165, 1.54) is 13.0 Å². The van der Waals surface area contributed by atoms with Crippen LogP contribution in [-0.4, -0.2) is 29.8 Å². The number of rotatable bonds is 6. The van der Waals surface area contributed by atoms with Crippen LogP contribution < -0.4 is 10.6 Å². The topological polar surface area (TPSA) is 95.1 Å². The summed E-state index contributed by atoms with van der Waals surface area (Å²) in [5.74, 6) is 0.0533. The summed E-state index contributed by atoms with van der Waals surface area (Å²) in [6.07, 6.45) is 3.20. The minimum absolute atomic E-state index is 0.0754. The number of nitrogens with zero attached hydrogens (tertiary/aromatic N) is 1. The molecule has 0 radical (unpaired) electrons. The molecule has 4 atom stereocenters. The molecule has 2 bridgehead atoms. The van der Waals surface area contributed by atoms with Crippen LogP contribution in [0.2, 0.25) is 0 Å². The number of ketones is 1. The molecule has 1 amide bonds. The molecular formula is C22H22FN3O3. The molecule has 2 aromatic rings. The number of nitriles is 1. The van der Waals surface area contributed by atoms with Crippen LogP contribution in [0.25, 0.3) is 11.3 Å². The third-order valence-corrected chi connectivity index (χ3v) is 5.83. The molecule has 1 saturated heterocycles. The molecule has 1 aliphatic heterocycles. The number of benzene rings is 1. The van der Waals surface area contributed by atoms with Crippen molar-refractivity contribution in [2.45, 2.75) is 50.7 Å². The molecule has 1 saturated carbocycles. The number of Topliss-reactive ketones (excluding diaryl/α,β-unsaturated/α-hetero) is 1. The first-order valence-corrected chi connectivity index (χ1v) is 9.80. The van der Waals surface area contributed by atoms with Gasteiger partial charge in [-0.05, 0) is 48.9 Å². The maximum absolute atomic E-state index is 14.6. The first-order valence-electron chi connectivity index (χ1n) is 9.80. The Kier molecular flexibility index (Phi) is 5.20. The van der Waals surface area contributed by atoms with E-state index in [1.807, 2.05) is 0 Å². The van der Waals surface area contributed by atoms with Crippen LogP contribution in [0.4, 0.5) is 4.39 Å². The standard InChI is InChI=1S/C22H22FN3O3/c1-12(27)19-6-7-20(29-19)14-3-2-13(18(23)10-14)8-17(11-24)26-22(28)21-15-4-5-16(9-15)25-21/h2-3,6-7,10,15-17,21,25H,4-5,8-9H2,1H3,(H,26,28)/t15?,16?,17-,21?/m0/s1. The molecule has 2 N–H and O–H groups in total. The summed E-state index contributed by atoms with van der Waals surface area (Å²) in [6.45, 7) is 1.40. The fourth-order valence-corrected chi connectivity index (χ4v) is 4.31. The van der Waals surface area contributed by atoms with E-state index in [0.717, 1.165) is 19.3 Å². The number of furan rings is 1. The van der Waals surface area contributed by atoms with Crippen LogP contribution in [-0.2, 0) is 11.2 Å². The van der Waals surface area contributed by atoms with Gasteiger partial charge in [0.2, 0.25) is 5.91 Å². The highest BCUT2D eigenvalue weighted by molar-refractivity contribution is 5.91. The highest BCUT2D eigenvalue weighted by Gasteiger charge is 2.43. The molecule has 2 aliphatic rings. The van der Waals surface area contributed by atoms with E-state index in [4.69, 9.17) is 4.42 Å². The van der Waals surface area contributed by atoms with Crippen molar-refractivity contribution >= 4 is 11.7 Å². The third kappa shape index (κ3) is 3.94. The van der Waals surface area contributed by atoms with Gasteiger partial charge in [0.1, 0.15) is 17.6 Å². The lowest BCUT2D eigenvalue weighted by molar-refractivity contribution is -0.124. The normalized spacial score (nSPS) is 23.6. The van der Waals surface area contributed by atoms with Gasteiger partial charge >= 0.3 is 0 Å². The van der Waals surface area contributed by atoms with E-state index in [9.17, 15) is 19.2 Å². The van der Waals surface area contributed by atoms with E-state index in [1.54, 1.807) is 24.3 Å². The fraction of sp³-hybridized carbons (Fsp3) is 0.409. The predicted octanol–water partition coefficient (Wildman–Crippen LogP) is 2.98. The summed E-state index contributed by atoms with van der Waals surface area (Å²) in [6, 6.07) is 9.11. The van der Waals surface area contributed by atoms with Gasteiger partial charge in [-0.2, -0.15) is 5.26 Å². The maximum Gasteiger partial charge on any atom is 0.238 e. The molecule has 3 unspecified atom stereocenters.